The van der Waals surface area contributed by atoms with E-state index >= 15 is 0 Å². The largest absolute Gasteiger partial charge is 0.352 e. The summed E-state index contributed by atoms with van der Waals surface area (Å²) < 4.78 is 38.3. The predicted molar refractivity (Wildman–Crippen MR) is 137 cm³/mol. The van der Waals surface area contributed by atoms with Gasteiger partial charge in [0.2, 0.25) is 0 Å². The van der Waals surface area contributed by atoms with Gasteiger partial charge in [0.1, 0.15) is 0 Å². The topological polar surface area (TPSA) is 164 Å². The fourth-order valence-electron chi connectivity index (χ4n) is 4.56. The van der Waals surface area contributed by atoms with Crippen molar-refractivity contribution in [2.24, 2.45) is 0 Å². The van der Waals surface area contributed by atoms with Gasteiger partial charge in [-0.25, -0.2) is 18.9 Å². The third-order valence-electron chi connectivity index (χ3n) is 6.53. The molecule has 0 aliphatic carbocycles. The molecule has 0 bridgehead atoms. The fraction of sp³-hybridized carbons (Fsp3) is 0.636. The van der Waals surface area contributed by atoms with Crippen LogP contribution in [0, 0.1) is 0 Å². The Labute approximate surface area is 218 Å². The van der Waals surface area contributed by atoms with Gasteiger partial charge in [-0.15, -0.1) is 0 Å². The van der Waals surface area contributed by atoms with E-state index in [0.717, 1.165) is 0 Å². The highest BCUT2D eigenvalue weighted by Gasteiger charge is 2.42. The number of ether oxygens (including phenoxy) is 2. The summed E-state index contributed by atoms with van der Waals surface area (Å²) in [6, 6.07) is 2.48. The molecule has 2 aliphatic rings. The van der Waals surface area contributed by atoms with Gasteiger partial charge in [-0.1, -0.05) is 6.92 Å². The van der Waals surface area contributed by atoms with E-state index in [0.29, 0.717) is 26.1 Å². The molecule has 2 saturated heterocycles. The molecule has 2 fully saturated rings. The van der Waals surface area contributed by atoms with Crippen molar-refractivity contribution in [3.05, 3.63) is 66.2 Å². The summed E-state index contributed by atoms with van der Waals surface area (Å²) in [6.45, 7) is 3.15. The Morgan fingerprint density at radius 3 is 2.00 bits per heavy atom. The van der Waals surface area contributed by atoms with Crippen LogP contribution in [0.4, 0.5) is 0 Å². The molecule has 0 amide bonds. The summed E-state index contributed by atoms with van der Waals surface area (Å²) in [5.74, 6) is 0. The van der Waals surface area contributed by atoms with E-state index in [9.17, 15) is 23.7 Å². The minimum absolute atomic E-state index is 0.0359. The van der Waals surface area contributed by atoms with E-state index in [1.165, 1.54) is 38.3 Å². The molecule has 2 unspecified atom stereocenters. The fourth-order valence-corrected chi connectivity index (χ4v) is 6.56. The Morgan fingerprint density at radius 2 is 1.47 bits per heavy atom. The number of hydrogen-bond donors (Lipinski definition) is 2. The third-order valence-corrected chi connectivity index (χ3v) is 9.07. The zero-order valence-corrected chi connectivity index (χ0v) is 22.7. The molecule has 0 radical (unpaired) electrons. The second kappa shape index (κ2) is 11.6. The third kappa shape index (κ3) is 6.15. The first-order valence-corrected chi connectivity index (χ1v) is 13.8. The van der Waals surface area contributed by atoms with Crippen molar-refractivity contribution in [3.8, 4) is 0 Å². The quantitative estimate of drug-likeness (QED) is 0.392. The Balaban J connectivity index is 1.52. The number of nitrogens with zero attached hydrogens (tertiary/aromatic N) is 5. The minimum Gasteiger partial charge on any atom is -0.352 e. The van der Waals surface area contributed by atoms with Crippen LogP contribution in [0.5, 0.6) is 0 Å². The molecule has 2 aromatic rings. The highest BCUT2D eigenvalue weighted by Crippen LogP contribution is 2.54. The lowest BCUT2D eigenvalue weighted by Gasteiger charge is -2.43. The number of rotatable bonds is 8. The van der Waals surface area contributed by atoms with Crippen molar-refractivity contribution in [2.45, 2.75) is 38.0 Å². The van der Waals surface area contributed by atoms with Gasteiger partial charge < -0.3 is 14.0 Å². The minimum atomic E-state index is -3.61. The lowest BCUT2D eigenvalue weighted by atomic mass is 10.2. The molecule has 0 spiro atoms. The standard InChI is InChI=1S/C22H34N7O8P/c1-5-15-11-27(13-20(36-15)29-9-7-18(31)24-22(29)33)38(34,25(2)3)35-14-16-10-26(4)12-19(37-16)28-8-6-17(30)23-21(28)32/h6-9,15-16,19-20H,5,10-14H2,1-4H3,(H,23,30,32)(H,24,31,33)/t15-,16+,19?,20?,38+/m1/s1. The Morgan fingerprint density at radius 1 is 0.921 bits per heavy atom. The first-order valence-electron chi connectivity index (χ1n) is 12.3. The normalized spacial score (nSPS) is 26.9. The molecule has 0 saturated carbocycles. The molecule has 15 nitrogen and oxygen atoms in total. The molecule has 38 heavy (non-hydrogen) atoms. The number of aromatic amines is 2. The lowest BCUT2D eigenvalue weighted by Crippen LogP contribution is -2.50. The van der Waals surface area contributed by atoms with Crippen LogP contribution >= 0.6 is 7.67 Å². The van der Waals surface area contributed by atoms with Gasteiger partial charge in [0, 0.05) is 44.2 Å². The molecule has 4 rings (SSSR count). The van der Waals surface area contributed by atoms with Gasteiger partial charge in [-0.2, -0.15) is 0 Å². The summed E-state index contributed by atoms with van der Waals surface area (Å²) in [6.07, 6.45) is 1.02. The summed E-state index contributed by atoms with van der Waals surface area (Å²) in [4.78, 5) is 54.1. The molecular formula is C22H34N7O8P. The smallest absolute Gasteiger partial charge is 0.345 e. The van der Waals surface area contributed by atoms with Crippen molar-refractivity contribution in [3.63, 3.8) is 0 Å². The average Bonchev–Trinajstić information content (AvgIpc) is 2.86. The lowest BCUT2D eigenvalue weighted by molar-refractivity contribution is -0.131. The zero-order valence-electron chi connectivity index (χ0n) is 21.8. The van der Waals surface area contributed by atoms with Gasteiger partial charge in [0.25, 0.3) is 11.1 Å². The summed E-state index contributed by atoms with van der Waals surface area (Å²) in [7, 11) is 1.55. The van der Waals surface area contributed by atoms with Crippen LogP contribution in [0.2, 0.25) is 0 Å². The van der Waals surface area contributed by atoms with Gasteiger partial charge in [-0.05, 0) is 27.6 Å². The van der Waals surface area contributed by atoms with E-state index in [2.05, 4.69) is 9.97 Å². The molecule has 2 aliphatic heterocycles. The first-order chi connectivity index (χ1) is 18.0. The number of nitrogens with one attached hydrogen (secondary N) is 2. The SMILES string of the molecule is CC[C@@H]1CN([P@@](=O)(OC[C@@H]2CN(C)CC(n3ccc(=O)[nH]c3=O)O2)N(C)C)CC(n2ccc(=O)[nH]c2=O)O1. The molecule has 5 atom stereocenters. The van der Waals surface area contributed by atoms with Gasteiger partial charge in [0.15, 0.2) is 12.5 Å². The highest BCUT2D eigenvalue weighted by atomic mass is 31.2. The van der Waals surface area contributed by atoms with Crippen LogP contribution < -0.4 is 22.5 Å². The van der Waals surface area contributed by atoms with Gasteiger partial charge in [-0.3, -0.25) is 38.2 Å². The summed E-state index contributed by atoms with van der Waals surface area (Å²) >= 11 is 0. The zero-order chi connectivity index (χ0) is 27.6. The second-order valence-electron chi connectivity index (χ2n) is 9.59. The van der Waals surface area contributed by atoms with Crippen molar-refractivity contribution in [1.82, 2.24) is 33.3 Å². The highest BCUT2D eigenvalue weighted by molar-refractivity contribution is 7.53. The van der Waals surface area contributed by atoms with E-state index in [1.807, 2.05) is 18.9 Å². The van der Waals surface area contributed by atoms with Crippen LogP contribution in [0.15, 0.2) is 43.7 Å². The van der Waals surface area contributed by atoms with E-state index in [-0.39, 0.29) is 19.3 Å². The molecule has 2 aromatic heterocycles. The van der Waals surface area contributed by atoms with Crippen molar-refractivity contribution < 1.29 is 18.6 Å². The Hall–Kier alpha value is -2.65. The second-order valence-corrected chi connectivity index (χ2v) is 12.2. The Kier molecular flexibility index (Phi) is 8.67. The molecule has 16 heteroatoms. The molecule has 2 N–H and O–H groups in total. The maximum absolute atomic E-state index is 14.3. The predicted octanol–water partition coefficient (Wildman–Crippen LogP) is -0.788. The maximum atomic E-state index is 14.3. The van der Waals surface area contributed by atoms with Crippen LogP contribution in [0.25, 0.3) is 0 Å². The van der Waals surface area contributed by atoms with Crippen LogP contribution in [0.3, 0.4) is 0 Å². The van der Waals surface area contributed by atoms with E-state index < -0.39 is 48.7 Å². The van der Waals surface area contributed by atoms with E-state index in [4.69, 9.17) is 14.0 Å². The number of hydrogen-bond acceptors (Lipinski definition) is 9. The van der Waals surface area contributed by atoms with Crippen LogP contribution in [-0.2, 0) is 18.6 Å². The summed E-state index contributed by atoms with van der Waals surface area (Å²) in [5.41, 5.74) is -2.23. The average molecular weight is 556 g/mol. The van der Waals surface area contributed by atoms with Gasteiger partial charge in [0.05, 0.1) is 25.4 Å². The number of aromatic nitrogens is 4. The summed E-state index contributed by atoms with van der Waals surface area (Å²) in [5, 5.41) is 0. The van der Waals surface area contributed by atoms with E-state index in [1.54, 1.807) is 18.8 Å². The Bertz CT molecular complexity index is 1400. The first kappa shape index (κ1) is 28.4. The molecule has 0 aromatic carbocycles. The van der Waals surface area contributed by atoms with Gasteiger partial charge >= 0.3 is 19.0 Å². The van der Waals surface area contributed by atoms with Crippen LogP contribution in [-0.4, -0.2) is 99.5 Å². The monoisotopic (exact) mass is 555 g/mol. The number of likely N-dealkylation sites (N-methyl/N-ethyl adjacent to an activating group) is 1. The van der Waals surface area contributed by atoms with Crippen molar-refractivity contribution in [2.75, 3.05) is 53.9 Å². The molecule has 210 valence electrons. The van der Waals surface area contributed by atoms with Crippen molar-refractivity contribution >= 4 is 7.67 Å². The maximum Gasteiger partial charge on any atom is 0.345 e. The van der Waals surface area contributed by atoms with Crippen LogP contribution in [0.1, 0.15) is 25.8 Å². The molecule has 4 heterocycles. The molecular weight excluding hydrogens is 521 g/mol. The number of morpholine rings is 2. The number of H-pyrrole nitrogens is 2. The van der Waals surface area contributed by atoms with Crippen molar-refractivity contribution in [1.29, 1.82) is 0 Å².